The molecule has 1 aliphatic heterocycles. The van der Waals surface area contributed by atoms with E-state index in [0.29, 0.717) is 13.0 Å². The molecule has 0 radical (unpaired) electrons. The van der Waals surface area contributed by atoms with Gasteiger partial charge in [0.15, 0.2) is 22.5 Å². The average molecular weight is 534 g/mol. The lowest BCUT2D eigenvalue weighted by Crippen LogP contribution is -2.55. The van der Waals surface area contributed by atoms with Gasteiger partial charge in [-0.2, -0.15) is 0 Å². The van der Waals surface area contributed by atoms with Crippen molar-refractivity contribution in [3.05, 3.63) is 58.9 Å². The normalized spacial score (nSPS) is 31.0. The molecule has 0 saturated carbocycles. The van der Waals surface area contributed by atoms with Crippen LogP contribution in [0.5, 0.6) is 0 Å². The quantitative estimate of drug-likeness (QED) is 0.368. The van der Waals surface area contributed by atoms with Gasteiger partial charge in [0.05, 0.1) is 12.8 Å². The first kappa shape index (κ1) is 26.1. The molecule has 6 atom stereocenters. The van der Waals surface area contributed by atoms with Gasteiger partial charge in [0.2, 0.25) is 0 Å². The maximum atomic E-state index is 13.6. The first-order valence-electron chi connectivity index (χ1n) is 10.7. The third kappa shape index (κ3) is 5.43. The Hall–Kier alpha value is -1.93. The summed E-state index contributed by atoms with van der Waals surface area (Å²) in [4.78, 5) is 0.730. The van der Waals surface area contributed by atoms with E-state index in [4.69, 9.17) is 21.1 Å². The minimum atomic E-state index is -1.61. The minimum absolute atomic E-state index is 0.00857. The lowest BCUT2D eigenvalue weighted by atomic mass is 9.97. The minimum Gasteiger partial charge on any atom is -0.394 e. The molecule has 190 valence electrons. The van der Waals surface area contributed by atoms with Gasteiger partial charge in [0.1, 0.15) is 35.5 Å². The highest BCUT2D eigenvalue weighted by Crippen LogP contribution is 2.41. The Bertz CT molecular complexity index is 1110. The second-order valence-corrected chi connectivity index (χ2v) is 9.83. The van der Waals surface area contributed by atoms with Crippen LogP contribution in [-0.2, 0) is 9.47 Å². The molecule has 0 amide bonds. The van der Waals surface area contributed by atoms with Crippen molar-refractivity contribution in [3.63, 3.8) is 0 Å². The summed E-state index contributed by atoms with van der Waals surface area (Å²) in [6.07, 6.45) is 3.12. The number of aliphatic hydroxyl groups excluding tert-OH is 3. The molecule has 1 saturated heterocycles. The van der Waals surface area contributed by atoms with E-state index < -0.39 is 58.9 Å². The van der Waals surface area contributed by atoms with Crippen LogP contribution in [-0.4, -0.2) is 72.3 Å². The molecule has 2 heterocycles. The zero-order valence-electron chi connectivity index (χ0n) is 18.4. The molecule has 1 aliphatic carbocycles. The highest BCUT2D eigenvalue weighted by molar-refractivity contribution is 8.03. The van der Waals surface area contributed by atoms with Crippen LogP contribution in [0.2, 0.25) is 0 Å². The number of hydrogen-bond donors (Lipinski definition) is 3. The van der Waals surface area contributed by atoms with Crippen LogP contribution >= 0.6 is 23.4 Å². The van der Waals surface area contributed by atoms with Crippen molar-refractivity contribution < 1.29 is 38.0 Å². The zero-order valence-corrected chi connectivity index (χ0v) is 20.0. The van der Waals surface area contributed by atoms with Crippen molar-refractivity contribution in [3.8, 4) is 11.3 Å². The number of halogens is 4. The smallest absolute Gasteiger partial charge is 0.194 e. The third-order valence-electron chi connectivity index (χ3n) is 5.66. The van der Waals surface area contributed by atoms with Crippen LogP contribution in [0.4, 0.5) is 13.2 Å². The average Bonchev–Trinajstić information content (AvgIpc) is 3.30. The lowest BCUT2D eigenvalue weighted by molar-refractivity contribution is -0.178. The first-order valence-corrected chi connectivity index (χ1v) is 12.0. The number of ether oxygens (including phenoxy) is 2. The van der Waals surface area contributed by atoms with Gasteiger partial charge in [0.25, 0.3) is 0 Å². The van der Waals surface area contributed by atoms with Gasteiger partial charge in [-0.05, 0) is 31.2 Å². The maximum Gasteiger partial charge on any atom is 0.194 e. The highest BCUT2D eigenvalue weighted by atomic mass is 35.5. The Morgan fingerprint density at radius 3 is 2.57 bits per heavy atom. The predicted molar refractivity (Wildman–Crippen MR) is 122 cm³/mol. The number of benzene rings is 1. The van der Waals surface area contributed by atoms with Gasteiger partial charge in [-0.1, -0.05) is 34.7 Å². The molecule has 4 rings (SSSR count). The van der Waals surface area contributed by atoms with Gasteiger partial charge < -0.3 is 24.8 Å². The number of nitrogens with zero attached hydrogens (tertiary/aromatic N) is 3. The van der Waals surface area contributed by atoms with Gasteiger partial charge in [0, 0.05) is 23.5 Å². The molecule has 35 heavy (non-hydrogen) atoms. The van der Waals surface area contributed by atoms with Crippen LogP contribution in [0.15, 0.2) is 41.5 Å². The van der Waals surface area contributed by atoms with Crippen molar-refractivity contribution >= 4 is 23.4 Å². The van der Waals surface area contributed by atoms with Crippen LogP contribution in [0.1, 0.15) is 19.4 Å². The van der Waals surface area contributed by atoms with Crippen LogP contribution < -0.4 is 0 Å². The molecular weight excluding hydrogens is 511 g/mol. The third-order valence-corrected chi connectivity index (χ3v) is 7.24. The Morgan fingerprint density at radius 1 is 1.26 bits per heavy atom. The standard InChI is InChI=1S/C22H23ClF3N3O5S/c1-2-33-22(23)5-3-12(4-6-22)35-21-20(32)18(19(31)16(10-30)34-21)29-9-15(27-28-29)11-7-13(24)17(26)14(25)8-11/h3-5,7-9,16,18-21,30-32H,2,6,10H2,1H3/t16-,18+,19+,20-,21-,22?/m1/s1. The summed E-state index contributed by atoms with van der Waals surface area (Å²) in [6.45, 7) is 1.72. The summed E-state index contributed by atoms with van der Waals surface area (Å²) in [7, 11) is 0. The largest absolute Gasteiger partial charge is 0.394 e. The monoisotopic (exact) mass is 533 g/mol. The van der Waals surface area contributed by atoms with E-state index in [1.54, 1.807) is 12.2 Å². The second kappa shape index (κ2) is 10.6. The van der Waals surface area contributed by atoms with Gasteiger partial charge >= 0.3 is 0 Å². The molecule has 1 unspecified atom stereocenters. The van der Waals surface area contributed by atoms with Crippen molar-refractivity contribution in [2.75, 3.05) is 13.2 Å². The lowest BCUT2D eigenvalue weighted by Gasteiger charge is -2.42. The SMILES string of the molecule is CCOC1(Cl)C=CC(S[C@H]2O[C@H](CO)[C@H](O)[C@H](n3cc(-c4cc(F)c(F)c(F)c4)nn3)[C@H]2O)=CC1. The van der Waals surface area contributed by atoms with Crippen molar-refractivity contribution in [1.82, 2.24) is 15.0 Å². The van der Waals surface area contributed by atoms with Crippen LogP contribution in [0, 0.1) is 17.5 Å². The van der Waals surface area contributed by atoms with Crippen molar-refractivity contribution in [1.29, 1.82) is 0 Å². The molecule has 2 aliphatic rings. The predicted octanol–water partition coefficient (Wildman–Crippen LogP) is 2.89. The maximum absolute atomic E-state index is 13.6. The number of aliphatic hydroxyl groups is 3. The van der Waals surface area contributed by atoms with Crippen LogP contribution in [0.25, 0.3) is 11.3 Å². The molecule has 0 bridgehead atoms. The Labute approximate surface area is 208 Å². The van der Waals surface area contributed by atoms with Crippen molar-refractivity contribution in [2.45, 2.75) is 48.2 Å². The highest BCUT2D eigenvalue weighted by Gasteiger charge is 2.46. The van der Waals surface area contributed by atoms with Gasteiger partial charge in [-0.3, -0.25) is 0 Å². The first-order chi connectivity index (χ1) is 16.7. The fourth-order valence-electron chi connectivity index (χ4n) is 3.89. The number of aromatic nitrogens is 3. The molecule has 1 aromatic carbocycles. The molecule has 2 aromatic rings. The van der Waals surface area contributed by atoms with E-state index >= 15 is 0 Å². The van der Waals surface area contributed by atoms with E-state index in [1.807, 2.05) is 13.0 Å². The molecule has 8 nitrogen and oxygen atoms in total. The molecule has 1 aromatic heterocycles. The zero-order chi connectivity index (χ0) is 25.3. The van der Waals surface area contributed by atoms with E-state index in [-0.39, 0.29) is 11.3 Å². The summed E-state index contributed by atoms with van der Waals surface area (Å²) in [5, 5.41) is 38.3. The summed E-state index contributed by atoms with van der Waals surface area (Å²) < 4.78 is 53.0. The number of thioether (sulfide) groups is 1. The molecule has 0 spiro atoms. The Morgan fingerprint density at radius 2 is 1.97 bits per heavy atom. The van der Waals surface area contributed by atoms with Gasteiger partial charge in [-0.15, -0.1) is 5.10 Å². The summed E-state index contributed by atoms with van der Waals surface area (Å²) in [5.74, 6) is -4.39. The number of allylic oxidation sites excluding steroid dienone is 1. The summed E-state index contributed by atoms with van der Waals surface area (Å²) in [6, 6.07) is 0.415. The van der Waals surface area contributed by atoms with E-state index in [0.717, 1.165) is 33.5 Å². The summed E-state index contributed by atoms with van der Waals surface area (Å²) >= 11 is 7.52. The number of hydrogen-bond acceptors (Lipinski definition) is 8. The van der Waals surface area contributed by atoms with Gasteiger partial charge in [-0.25, -0.2) is 17.9 Å². The van der Waals surface area contributed by atoms with Crippen LogP contribution in [0.3, 0.4) is 0 Å². The van der Waals surface area contributed by atoms with E-state index in [9.17, 15) is 28.5 Å². The molecular formula is C22H23ClF3N3O5S. The second-order valence-electron chi connectivity index (χ2n) is 8.02. The fraction of sp³-hybridized carbons (Fsp3) is 0.455. The molecule has 3 N–H and O–H groups in total. The number of alkyl halides is 1. The molecule has 1 fully saturated rings. The van der Waals surface area contributed by atoms with E-state index in [2.05, 4.69) is 10.3 Å². The Kier molecular flexibility index (Phi) is 7.91. The topological polar surface area (TPSA) is 110 Å². The number of rotatable bonds is 7. The fourth-order valence-corrected chi connectivity index (χ4v) is 5.23. The molecule has 13 heteroatoms. The van der Waals surface area contributed by atoms with E-state index in [1.165, 1.54) is 6.20 Å². The Balaban J connectivity index is 1.56. The summed E-state index contributed by atoms with van der Waals surface area (Å²) in [5.41, 5.74) is -1.00. The van der Waals surface area contributed by atoms with Crippen molar-refractivity contribution in [2.24, 2.45) is 0 Å².